The summed E-state index contributed by atoms with van der Waals surface area (Å²) in [6.07, 6.45) is -5.26. The first kappa shape index (κ1) is 24.2. The molecule has 0 aromatic heterocycles. The monoisotopic (exact) mass is 439 g/mol. The van der Waals surface area contributed by atoms with Gasteiger partial charge in [0.05, 0.1) is 23.2 Å². The molecule has 2 rings (SSSR count). The van der Waals surface area contributed by atoms with E-state index in [-0.39, 0.29) is 12.0 Å². The van der Waals surface area contributed by atoms with Crippen molar-refractivity contribution >= 4 is 23.2 Å². The predicted molar refractivity (Wildman–Crippen MR) is 108 cm³/mol. The number of ether oxygens (including phenoxy) is 2. The molecule has 0 saturated heterocycles. The lowest BCUT2D eigenvalue weighted by Gasteiger charge is -2.17. The number of hydrogen-bond acceptors (Lipinski definition) is 5. The van der Waals surface area contributed by atoms with Gasteiger partial charge in [0.25, 0.3) is 5.91 Å². The van der Waals surface area contributed by atoms with Crippen molar-refractivity contribution in [1.82, 2.24) is 10.9 Å². The molecule has 0 bridgehead atoms. The SMILES string of the molecule is CCOC(CC(=O)NNC(=O)c1ccccc1Nc1ccc(C(F)(F)F)cc1)OCC. The Morgan fingerprint density at radius 2 is 1.55 bits per heavy atom. The van der Waals surface area contributed by atoms with Crippen LogP contribution in [0.3, 0.4) is 0 Å². The van der Waals surface area contributed by atoms with Gasteiger partial charge in [0.15, 0.2) is 6.29 Å². The Kier molecular flexibility index (Phi) is 8.83. The maximum Gasteiger partial charge on any atom is 0.416 e. The van der Waals surface area contributed by atoms with Crippen LogP contribution in [0.5, 0.6) is 0 Å². The van der Waals surface area contributed by atoms with Gasteiger partial charge in [-0.3, -0.25) is 20.4 Å². The summed E-state index contributed by atoms with van der Waals surface area (Å²) >= 11 is 0. The number of para-hydroxylation sites is 1. The highest BCUT2D eigenvalue weighted by atomic mass is 19.4. The molecular weight excluding hydrogens is 415 g/mol. The Morgan fingerprint density at radius 1 is 0.935 bits per heavy atom. The molecule has 3 N–H and O–H groups in total. The number of carbonyl (C=O) groups excluding carboxylic acids is 2. The lowest BCUT2D eigenvalue weighted by Crippen LogP contribution is -2.43. The molecule has 2 aromatic carbocycles. The molecule has 0 spiro atoms. The Bertz CT molecular complexity index is 867. The van der Waals surface area contributed by atoms with Crippen molar-refractivity contribution in [1.29, 1.82) is 0 Å². The molecule has 0 unspecified atom stereocenters. The Labute approximate surface area is 177 Å². The highest BCUT2D eigenvalue weighted by Crippen LogP contribution is 2.30. The van der Waals surface area contributed by atoms with E-state index in [2.05, 4.69) is 16.2 Å². The fourth-order valence-corrected chi connectivity index (χ4v) is 2.62. The van der Waals surface area contributed by atoms with E-state index in [1.54, 1.807) is 32.0 Å². The van der Waals surface area contributed by atoms with E-state index >= 15 is 0 Å². The van der Waals surface area contributed by atoms with E-state index in [1.165, 1.54) is 18.2 Å². The minimum atomic E-state index is -4.43. The topological polar surface area (TPSA) is 88.7 Å². The zero-order valence-corrected chi connectivity index (χ0v) is 17.1. The zero-order chi connectivity index (χ0) is 22.9. The Hall–Kier alpha value is -3.11. The van der Waals surface area contributed by atoms with Gasteiger partial charge in [-0.25, -0.2) is 0 Å². The number of rotatable bonds is 9. The number of amides is 2. The lowest BCUT2D eigenvalue weighted by atomic mass is 10.1. The summed E-state index contributed by atoms with van der Waals surface area (Å²) in [4.78, 5) is 24.5. The molecule has 2 amide bonds. The highest BCUT2D eigenvalue weighted by Gasteiger charge is 2.30. The van der Waals surface area contributed by atoms with Crippen LogP contribution in [0.25, 0.3) is 0 Å². The molecule has 0 radical (unpaired) electrons. The molecule has 0 fully saturated rings. The fraction of sp³-hybridized carbons (Fsp3) is 0.333. The van der Waals surface area contributed by atoms with Gasteiger partial charge in [0.2, 0.25) is 5.91 Å². The minimum Gasteiger partial charge on any atom is -0.355 e. The maximum absolute atomic E-state index is 12.7. The molecule has 0 aliphatic rings. The predicted octanol–water partition coefficient (Wildman–Crippen LogP) is 4.00. The summed E-state index contributed by atoms with van der Waals surface area (Å²) in [6.45, 7) is 4.28. The third-order valence-corrected chi connectivity index (χ3v) is 4.04. The Balaban J connectivity index is 2.01. The standard InChI is InChI=1S/C21H24F3N3O4/c1-3-30-19(31-4-2)13-18(28)26-27-20(29)16-7-5-6-8-17(16)25-15-11-9-14(10-12-15)21(22,23)24/h5-12,19,25H,3-4,13H2,1-2H3,(H,26,28)(H,27,29). The molecule has 168 valence electrons. The number of hydrogen-bond donors (Lipinski definition) is 3. The lowest BCUT2D eigenvalue weighted by molar-refractivity contribution is -0.153. The van der Waals surface area contributed by atoms with Gasteiger partial charge in [0, 0.05) is 18.9 Å². The van der Waals surface area contributed by atoms with Crippen LogP contribution in [-0.4, -0.2) is 31.3 Å². The van der Waals surface area contributed by atoms with Crippen LogP contribution in [0.4, 0.5) is 24.5 Å². The van der Waals surface area contributed by atoms with E-state index < -0.39 is 29.8 Å². The summed E-state index contributed by atoms with van der Waals surface area (Å²) in [5.41, 5.74) is 4.74. The summed E-state index contributed by atoms with van der Waals surface area (Å²) < 4.78 is 48.7. The van der Waals surface area contributed by atoms with Crippen molar-refractivity contribution in [2.75, 3.05) is 18.5 Å². The highest BCUT2D eigenvalue weighted by molar-refractivity contribution is 6.01. The van der Waals surface area contributed by atoms with Crippen molar-refractivity contribution in [3.8, 4) is 0 Å². The van der Waals surface area contributed by atoms with Crippen molar-refractivity contribution in [2.24, 2.45) is 0 Å². The van der Waals surface area contributed by atoms with E-state index in [1.807, 2.05) is 0 Å². The van der Waals surface area contributed by atoms with Crippen LogP contribution >= 0.6 is 0 Å². The average Bonchev–Trinajstić information content (AvgIpc) is 2.72. The van der Waals surface area contributed by atoms with E-state index in [0.29, 0.717) is 24.6 Å². The smallest absolute Gasteiger partial charge is 0.355 e. The van der Waals surface area contributed by atoms with Crippen molar-refractivity contribution in [3.05, 3.63) is 59.7 Å². The second-order valence-electron chi connectivity index (χ2n) is 6.29. The third kappa shape index (κ3) is 7.58. The van der Waals surface area contributed by atoms with Crippen LogP contribution in [0.2, 0.25) is 0 Å². The van der Waals surface area contributed by atoms with Crippen LogP contribution in [0.1, 0.15) is 36.2 Å². The number of carbonyl (C=O) groups is 2. The largest absolute Gasteiger partial charge is 0.416 e. The van der Waals surface area contributed by atoms with Gasteiger partial charge < -0.3 is 14.8 Å². The second kappa shape index (κ2) is 11.3. The minimum absolute atomic E-state index is 0.104. The molecule has 0 saturated carbocycles. The third-order valence-electron chi connectivity index (χ3n) is 4.04. The summed E-state index contributed by atoms with van der Waals surface area (Å²) in [5.74, 6) is -1.11. The zero-order valence-electron chi connectivity index (χ0n) is 17.1. The number of nitrogens with one attached hydrogen (secondary N) is 3. The molecule has 7 nitrogen and oxygen atoms in total. The maximum atomic E-state index is 12.7. The molecule has 0 aliphatic carbocycles. The average molecular weight is 439 g/mol. The number of anilines is 2. The molecular formula is C21H24F3N3O4. The number of alkyl halides is 3. The Morgan fingerprint density at radius 3 is 2.13 bits per heavy atom. The van der Waals surface area contributed by atoms with Crippen LogP contribution < -0.4 is 16.2 Å². The van der Waals surface area contributed by atoms with Gasteiger partial charge >= 0.3 is 6.18 Å². The van der Waals surface area contributed by atoms with Crippen molar-refractivity contribution < 1.29 is 32.2 Å². The fourth-order valence-electron chi connectivity index (χ4n) is 2.62. The van der Waals surface area contributed by atoms with Crippen LogP contribution in [0.15, 0.2) is 48.5 Å². The summed E-state index contributed by atoms with van der Waals surface area (Å²) in [6, 6.07) is 10.8. The number of halogens is 3. The molecule has 10 heteroatoms. The molecule has 0 heterocycles. The van der Waals surface area contributed by atoms with E-state index in [9.17, 15) is 22.8 Å². The van der Waals surface area contributed by atoms with Crippen LogP contribution in [-0.2, 0) is 20.4 Å². The number of benzene rings is 2. The normalized spacial score (nSPS) is 11.3. The van der Waals surface area contributed by atoms with Crippen molar-refractivity contribution in [2.45, 2.75) is 32.7 Å². The summed E-state index contributed by atoms with van der Waals surface area (Å²) in [5, 5.41) is 2.90. The molecule has 31 heavy (non-hydrogen) atoms. The first-order chi connectivity index (χ1) is 14.7. The first-order valence-corrected chi connectivity index (χ1v) is 9.60. The van der Waals surface area contributed by atoms with Crippen LogP contribution in [0, 0.1) is 0 Å². The van der Waals surface area contributed by atoms with Crippen molar-refractivity contribution in [3.63, 3.8) is 0 Å². The first-order valence-electron chi connectivity index (χ1n) is 9.60. The molecule has 2 aromatic rings. The van der Waals surface area contributed by atoms with Gasteiger partial charge in [-0.1, -0.05) is 12.1 Å². The quantitative estimate of drug-likeness (QED) is 0.406. The summed E-state index contributed by atoms with van der Waals surface area (Å²) in [7, 11) is 0. The van der Waals surface area contributed by atoms with Gasteiger partial charge in [-0.15, -0.1) is 0 Å². The van der Waals surface area contributed by atoms with Gasteiger partial charge in [-0.2, -0.15) is 13.2 Å². The van der Waals surface area contributed by atoms with E-state index in [4.69, 9.17) is 9.47 Å². The molecule has 0 atom stereocenters. The second-order valence-corrected chi connectivity index (χ2v) is 6.29. The molecule has 0 aliphatic heterocycles. The van der Waals surface area contributed by atoms with Gasteiger partial charge in [0.1, 0.15) is 0 Å². The van der Waals surface area contributed by atoms with Gasteiger partial charge in [-0.05, 0) is 50.2 Å². The number of hydrazine groups is 1. The van der Waals surface area contributed by atoms with E-state index in [0.717, 1.165) is 12.1 Å².